The molecule has 0 aliphatic rings. The van der Waals surface area contributed by atoms with Gasteiger partial charge in [-0.25, -0.2) is 4.98 Å². The molecule has 0 saturated heterocycles. The third kappa shape index (κ3) is 4.01. The smallest absolute Gasteiger partial charge is 0.172 e. The third-order valence-electron chi connectivity index (χ3n) is 2.32. The van der Waals surface area contributed by atoms with E-state index in [0.29, 0.717) is 24.0 Å². The van der Waals surface area contributed by atoms with Gasteiger partial charge in [0, 0.05) is 5.69 Å². The molecular formula is C13H19NO2. The van der Waals surface area contributed by atoms with Crippen LogP contribution < -0.4 is 4.74 Å². The molecule has 0 saturated carbocycles. The zero-order chi connectivity index (χ0) is 12.0. The summed E-state index contributed by atoms with van der Waals surface area (Å²) in [4.78, 5) is 14.9. The third-order valence-corrected chi connectivity index (χ3v) is 2.32. The Hall–Kier alpha value is -1.38. The van der Waals surface area contributed by atoms with E-state index < -0.39 is 0 Å². The molecule has 0 unspecified atom stereocenters. The Bertz CT molecular complexity index is 348. The average Bonchev–Trinajstić information content (AvgIpc) is 2.25. The second-order valence-electron chi connectivity index (χ2n) is 4.34. The Labute approximate surface area is 96.8 Å². The lowest BCUT2D eigenvalue weighted by Crippen LogP contribution is -2.03. The maximum Gasteiger partial charge on any atom is 0.172 e. The maximum atomic E-state index is 10.8. The van der Waals surface area contributed by atoms with Crippen molar-refractivity contribution in [3.8, 4) is 5.75 Å². The van der Waals surface area contributed by atoms with Crippen LogP contribution in [0.15, 0.2) is 12.1 Å². The summed E-state index contributed by atoms with van der Waals surface area (Å²) in [7, 11) is 0. The molecule has 16 heavy (non-hydrogen) atoms. The number of carbonyl (C=O) groups excluding carboxylic acids is 1. The van der Waals surface area contributed by atoms with Gasteiger partial charge >= 0.3 is 0 Å². The van der Waals surface area contributed by atoms with Crippen molar-refractivity contribution >= 4 is 6.29 Å². The number of hydrogen-bond acceptors (Lipinski definition) is 3. The highest BCUT2D eigenvalue weighted by molar-refractivity contribution is 5.76. The summed E-state index contributed by atoms with van der Waals surface area (Å²) in [6, 6.07) is 3.66. The van der Waals surface area contributed by atoms with Crippen LogP contribution in [0.2, 0.25) is 0 Å². The van der Waals surface area contributed by atoms with Gasteiger partial charge in [-0.1, -0.05) is 13.8 Å². The lowest BCUT2D eigenvalue weighted by Gasteiger charge is -2.09. The summed E-state index contributed by atoms with van der Waals surface area (Å²) < 4.78 is 5.54. The minimum Gasteiger partial charge on any atom is -0.491 e. The Kier molecular flexibility index (Phi) is 4.96. The fourth-order valence-electron chi connectivity index (χ4n) is 1.44. The van der Waals surface area contributed by atoms with E-state index in [0.717, 1.165) is 24.8 Å². The first kappa shape index (κ1) is 12.7. The molecule has 0 bridgehead atoms. The normalized spacial score (nSPS) is 10.5. The van der Waals surface area contributed by atoms with E-state index in [9.17, 15) is 4.79 Å². The standard InChI is InChI=1S/C13H19NO2/c1-10(2)5-4-8-16-13-7-6-11(3)14-12(13)9-15/h6-7,9-10H,4-5,8H2,1-3H3. The summed E-state index contributed by atoms with van der Waals surface area (Å²) >= 11 is 0. The molecule has 1 aromatic heterocycles. The van der Waals surface area contributed by atoms with Gasteiger partial charge in [-0.3, -0.25) is 4.79 Å². The fraction of sp³-hybridized carbons (Fsp3) is 0.538. The molecule has 3 nitrogen and oxygen atoms in total. The van der Waals surface area contributed by atoms with Gasteiger partial charge in [0.25, 0.3) is 0 Å². The minimum atomic E-state index is 0.393. The van der Waals surface area contributed by atoms with Crippen molar-refractivity contribution in [2.45, 2.75) is 33.6 Å². The molecule has 0 fully saturated rings. The van der Waals surface area contributed by atoms with Crippen LogP contribution >= 0.6 is 0 Å². The summed E-state index contributed by atoms with van der Waals surface area (Å²) in [6.07, 6.45) is 2.88. The number of aromatic nitrogens is 1. The van der Waals surface area contributed by atoms with Gasteiger partial charge in [-0.2, -0.15) is 0 Å². The minimum absolute atomic E-state index is 0.393. The first-order chi connectivity index (χ1) is 7.63. The van der Waals surface area contributed by atoms with Crippen LogP contribution in [-0.4, -0.2) is 17.9 Å². The van der Waals surface area contributed by atoms with E-state index in [1.54, 1.807) is 6.07 Å². The Morgan fingerprint density at radius 3 is 2.81 bits per heavy atom. The molecule has 0 atom stereocenters. The Balaban J connectivity index is 2.50. The van der Waals surface area contributed by atoms with Gasteiger partial charge in [0.1, 0.15) is 11.4 Å². The van der Waals surface area contributed by atoms with Crippen LogP contribution in [0.4, 0.5) is 0 Å². The molecule has 1 aromatic rings. The van der Waals surface area contributed by atoms with Crippen molar-refractivity contribution in [3.63, 3.8) is 0 Å². The lowest BCUT2D eigenvalue weighted by molar-refractivity contribution is 0.111. The number of nitrogens with zero attached hydrogens (tertiary/aromatic N) is 1. The van der Waals surface area contributed by atoms with Crippen LogP contribution in [0.25, 0.3) is 0 Å². The highest BCUT2D eigenvalue weighted by Crippen LogP contribution is 2.15. The van der Waals surface area contributed by atoms with Gasteiger partial charge in [0.15, 0.2) is 6.29 Å². The van der Waals surface area contributed by atoms with Crippen molar-refractivity contribution < 1.29 is 9.53 Å². The Morgan fingerprint density at radius 1 is 1.44 bits per heavy atom. The largest absolute Gasteiger partial charge is 0.491 e. The van der Waals surface area contributed by atoms with Crippen LogP contribution in [-0.2, 0) is 0 Å². The number of carbonyl (C=O) groups is 1. The van der Waals surface area contributed by atoms with Gasteiger partial charge in [-0.15, -0.1) is 0 Å². The van der Waals surface area contributed by atoms with E-state index in [4.69, 9.17) is 4.74 Å². The van der Waals surface area contributed by atoms with E-state index >= 15 is 0 Å². The monoisotopic (exact) mass is 221 g/mol. The first-order valence-corrected chi connectivity index (χ1v) is 5.69. The molecule has 1 heterocycles. The second kappa shape index (κ2) is 6.26. The van der Waals surface area contributed by atoms with Gasteiger partial charge in [0.2, 0.25) is 0 Å². The second-order valence-corrected chi connectivity index (χ2v) is 4.34. The molecule has 0 N–H and O–H groups in total. The zero-order valence-corrected chi connectivity index (χ0v) is 10.2. The molecule has 0 amide bonds. The van der Waals surface area contributed by atoms with Crippen LogP contribution in [0.1, 0.15) is 42.9 Å². The molecule has 0 aliphatic heterocycles. The van der Waals surface area contributed by atoms with Gasteiger partial charge < -0.3 is 4.74 Å². The number of hydrogen-bond donors (Lipinski definition) is 0. The van der Waals surface area contributed by atoms with Crippen molar-refractivity contribution in [2.75, 3.05) is 6.61 Å². The quantitative estimate of drug-likeness (QED) is 0.547. The molecule has 0 aliphatic carbocycles. The summed E-state index contributed by atoms with van der Waals surface area (Å²) in [5.74, 6) is 1.27. The predicted molar refractivity (Wildman–Crippen MR) is 63.9 cm³/mol. The number of pyridine rings is 1. The number of ether oxygens (including phenoxy) is 1. The molecule has 3 heteroatoms. The molecule has 0 aromatic carbocycles. The van der Waals surface area contributed by atoms with E-state index in [2.05, 4.69) is 18.8 Å². The van der Waals surface area contributed by atoms with Crippen LogP contribution in [0, 0.1) is 12.8 Å². The summed E-state index contributed by atoms with van der Waals surface area (Å²) in [6.45, 7) is 6.87. The van der Waals surface area contributed by atoms with Gasteiger partial charge in [0.05, 0.1) is 6.61 Å². The van der Waals surface area contributed by atoms with E-state index in [-0.39, 0.29) is 0 Å². The highest BCUT2D eigenvalue weighted by atomic mass is 16.5. The molecule has 0 spiro atoms. The lowest BCUT2D eigenvalue weighted by atomic mass is 10.1. The number of rotatable bonds is 6. The van der Waals surface area contributed by atoms with E-state index in [1.807, 2.05) is 13.0 Å². The van der Waals surface area contributed by atoms with E-state index in [1.165, 1.54) is 0 Å². The molecular weight excluding hydrogens is 202 g/mol. The average molecular weight is 221 g/mol. The van der Waals surface area contributed by atoms with Crippen LogP contribution in [0.5, 0.6) is 5.75 Å². The number of aldehydes is 1. The first-order valence-electron chi connectivity index (χ1n) is 5.69. The van der Waals surface area contributed by atoms with Crippen LogP contribution in [0.3, 0.4) is 0 Å². The van der Waals surface area contributed by atoms with Crippen molar-refractivity contribution in [3.05, 3.63) is 23.5 Å². The fourth-order valence-corrected chi connectivity index (χ4v) is 1.44. The van der Waals surface area contributed by atoms with Crippen molar-refractivity contribution in [2.24, 2.45) is 5.92 Å². The predicted octanol–water partition coefficient (Wildman–Crippen LogP) is 3.02. The van der Waals surface area contributed by atoms with Crippen molar-refractivity contribution in [1.29, 1.82) is 0 Å². The zero-order valence-electron chi connectivity index (χ0n) is 10.2. The topological polar surface area (TPSA) is 39.2 Å². The van der Waals surface area contributed by atoms with Crippen molar-refractivity contribution in [1.82, 2.24) is 4.98 Å². The SMILES string of the molecule is Cc1ccc(OCCCC(C)C)c(C=O)n1. The summed E-state index contributed by atoms with van der Waals surface area (Å²) in [5.41, 5.74) is 1.22. The molecule has 88 valence electrons. The maximum absolute atomic E-state index is 10.8. The molecule has 1 rings (SSSR count). The molecule has 0 radical (unpaired) electrons. The van der Waals surface area contributed by atoms with Gasteiger partial charge in [-0.05, 0) is 37.8 Å². The summed E-state index contributed by atoms with van der Waals surface area (Å²) in [5, 5.41) is 0. The Morgan fingerprint density at radius 2 is 2.19 bits per heavy atom. The number of aryl methyl sites for hydroxylation is 1. The highest BCUT2D eigenvalue weighted by Gasteiger charge is 2.04.